The Labute approximate surface area is 115 Å². The number of aryl methyl sites for hydroxylation is 1. The smallest absolute Gasteiger partial charge is 0.335 e. The van der Waals surface area contributed by atoms with E-state index in [0.717, 1.165) is 16.8 Å². The number of rotatable bonds is 3. The zero-order chi connectivity index (χ0) is 14.3. The van der Waals surface area contributed by atoms with Crippen molar-refractivity contribution in [2.24, 2.45) is 7.05 Å². The molecule has 2 heterocycles. The van der Waals surface area contributed by atoms with Gasteiger partial charge >= 0.3 is 5.97 Å². The summed E-state index contributed by atoms with van der Waals surface area (Å²) in [5, 5.41) is 13.1. The van der Waals surface area contributed by atoms with Crippen molar-refractivity contribution in [3.8, 4) is 0 Å². The molecule has 0 bridgehead atoms. The number of hydrogen-bond acceptors (Lipinski definition) is 3. The van der Waals surface area contributed by atoms with Crippen molar-refractivity contribution in [1.29, 1.82) is 0 Å². The van der Waals surface area contributed by atoms with Gasteiger partial charge in [-0.15, -0.1) is 0 Å². The number of benzene rings is 1. The van der Waals surface area contributed by atoms with Gasteiger partial charge in [-0.25, -0.2) is 4.79 Å². The molecule has 0 aliphatic carbocycles. The van der Waals surface area contributed by atoms with Crippen molar-refractivity contribution in [3.05, 3.63) is 47.3 Å². The molecule has 0 fully saturated rings. The Morgan fingerprint density at radius 2 is 2.25 bits per heavy atom. The summed E-state index contributed by atoms with van der Waals surface area (Å²) in [5.41, 5.74) is 2.69. The normalized spacial score (nSPS) is 13.7. The second-order valence-electron chi connectivity index (χ2n) is 4.83. The molecule has 0 atom stereocenters. The molecule has 0 spiro atoms. The number of carboxylic acids is 1. The lowest BCUT2D eigenvalue weighted by Gasteiger charge is -2.16. The summed E-state index contributed by atoms with van der Waals surface area (Å²) in [6.07, 6.45) is 3.82. The summed E-state index contributed by atoms with van der Waals surface area (Å²) < 4.78 is 1.68. The Kier molecular flexibility index (Phi) is 2.78. The summed E-state index contributed by atoms with van der Waals surface area (Å²) >= 11 is 0. The highest BCUT2D eigenvalue weighted by molar-refractivity contribution is 6.02. The molecule has 1 aromatic carbocycles. The molecular formula is C14H13N3O3. The minimum Gasteiger partial charge on any atom is -0.478 e. The molecule has 1 aliphatic heterocycles. The van der Waals surface area contributed by atoms with E-state index in [0.29, 0.717) is 6.54 Å². The highest BCUT2D eigenvalue weighted by atomic mass is 16.4. The molecule has 0 saturated heterocycles. The van der Waals surface area contributed by atoms with Crippen LogP contribution in [0.25, 0.3) is 0 Å². The summed E-state index contributed by atoms with van der Waals surface area (Å²) in [6, 6.07) is 4.79. The van der Waals surface area contributed by atoms with Crippen LogP contribution in [0.3, 0.4) is 0 Å². The van der Waals surface area contributed by atoms with Crippen LogP contribution >= 0.6 is 0 Å². The Morgan fingerprint density at radius 1 is 1.45 bits per heavy atom. The number of aromatic nitrogens is 2. The average Bonchev–Trinajstić information content (AvgIpc) is 2.94. The second kappa shape index (κ2) is 4.48. The lowest BCUT2D eigenvalue weighted by Crippen LogP contribution is -2.25. The van der Waals surface area contributed by atoms with E-state index in [4.69, 9.17) is 5.11 Å². The predicted octanol–water partition coefficient (Wildman–Crippen LogP) is 1.21. The SMILES string of the molecule is Cn1cc(CN2C(=O)Cc3cc(C(=O)O)ccc32)cn1. The van der Waals surface area contributed by atoms with Crippen LogP contribution in [0.15, 0.2) is 30.6 Å². The monoisotopic (exact) mass is 271 g/mol. The van der Waals surface area contributed by atoms with E-state index in [1.54, 1.807) is 27.9 Å². The molecule has 0 unspecified atom stereocenters. The first kappa shape index (κ1) is 12.4. The van der Waals surface area contributed by atoms with E-state index in [1.807, 2.05) is 13.2 Å². The number of nitrogens with zero attached hydrogens (tertiary/aromatic N) is 3. The summed E-state index contributed by atoms with van der Waals surface area (Å²) in [5.74, 6) is -1.00. The van der Waals surface area contributed by atoms with E-state index in [9.17, 15) is 9.59 Å². The molecule has 6 nitrogen and oxygen atoms in total. The van der Waals surface area contributed by atoms with Crippen LogP contribution in [0.1, 0.15) is 21.5 Å². The third-order valence-electron chi connectivity index (χ3n) is 3.36. The fourth-order valence-corrected chi connectivity index (χ4v) is 2.43. The standard InChI is InChI=1S/C14H13N3O3/c1-16-7-9(6-15-16)8-17-12-3-2-10(14(19)20)4-11(12)5-13(17)18/h2-4,6-7H,5,8H2,1H3,(H,19,20). The number of aromatic carboxylic acids is 1. The highest BCUT2D eigenvalue weighted by Crippen LogP contribution is 2.31. The van der Waals surface area contributed by atoms with Crippen molar-refractivity contribution in [2.45, 2.75) is 13.0 Å². The van der Waals surface area contributed by atoms with Crippen LogP contribution in [0.4, 0.5) is 5.69 Å². The van der Waals surface area contributed by atoms with Crippen LogP contribution in [-0.2, 0) is 24.8 Å². The van der Waals surface area contributed by atoms with Gasteiger partial charge in [0.15, 0.2) is 0 Å². The lowest BCUT2D eigenvalue weighted by atomic mass is 10.1. The molecule has 0 radical (unpaired) electrons. The van der Waals surface area contributed by atoms with Gasteiger partial charge in [-0.1, -0.05) is 0 Å². The third kappa shape index (κ3) is 2.05. The van der Waals surface area contributed by atoms with E-state index < -0.39 is 5.97 Å². The zero-order valence-electron chi connectivity index (χ0n) is 10.9. The fourth-order valence-electron chi connectivity index (χ4n) is 2.43. The largest absolute Gasteiger partial charge is 0.478 e. The van der Waals surface area contributed by atoms with Crippen LogP contribution in [0.5, 0.6) is 0 Å². The summed E-state index contributed by atoms with van der Waals surface area (Å²) in [4.78, 5) is 24.7. The first-order valence-corrected chi connectivity index (χ1v) is 6.18. The van der Waals surface area contributed by atoms with Crippen molar-refractivity contribution in [1.82, 2.24) is 9.78 Å². The van der Waals surface area contributed by atoms with Crippen molar-refractivity contribution >= 4 is 17.6 Å². The minimum atomic E-state index is -0.981. The van der Waals surface area contributed by atoms with Crippen molar-refractivity contribution in [2.75, 3.05) is 4.90 Å². The highest BCUT2D eigenvalue weighted by Gasteiger charge is 2.28. The van der Waals surface area contributed by atoms with Gasteiger partial charge in [-0.3, -0.25) is 9.48 Å². The fraction of sp³-hybridized carbons (Fsp3) is 0.214. The summed E-state index contributed by atoms with van der Waals surface area (Å²) in [7, 11) is 1.82. The van der Waals surface area contributed by atoms with E-state index in [1.165, 1.54) is 6.07 Å². The van der Waals surface area contributed by atoms with Gasteiger partial charge in [0, 0.05) is 24.5 Å². The Balaban J connectivity index is 1.92. The van der Waals surface area contributed by atoms with Gasteiger partial charge in [0.05, 0.1) is 24.7 Å². The van der Waals surface area contributed by atoms with Gasteiger partial charge in [0.1, 0.15) is 0 Å². The Bertz CT molecular complexity index is 705. The van der Waals surface area contributed by atoms with Crippen molar-refractivity contribution in [3.63, 3.8) is 0 Å². The molecular weight excluding hydrogens is 258 g/mol. The second-order valence-corrected chi connectivity index (χ2v) is 4.83. The van der Waals surface area contributed by atoms with Gasteiger partial charge in [-0.2, -0.15) is 5.10 Å². The molecule has 2 aromatic rings. The maximum Gasteiger partial charge on any atom is 0.335 e. The van der Waals surface area contributed by atoms with Crippen LogP contribution in [0.2, 0.25) is 0 Å². The van der Waals surface area contributed by atoms with E-state index in [2.05, 4.69) is 5.10 Å². The molecule has 1 aromatic heterocycles. The van der Waals surface area contributed by atoms with Crippen LogP contribution < -0.4 is 4.90 Å². The number of anilines is 1. The first-order valence-electron chi connectivity index (χ1n) is 6.18. The van der Waals surface area contributed by atoms with Crippen LogP contribution in [0, 0.1) is 0 Å². The zero-order valence-corrected chi connectivity index (χ0v) is 10.9. The maximum absolute atomic E-state index is 12.1. The van der Waals surface area contributed by atoms with Crippen molar-refractivity contribution < 1.29 is 14.7 Å². The molecule has 6 heteroatoms. The molecule has 1 aliphatic rings. The van der Waals surface area contributed by atoms with Gasteiger partial charge in [0.2, 0.25) is 5.91 Å². The molecule has 1 amide bonds. The predicted molar refractivity (Wildman–Crippen MR) is 71.5 cm³/mol. The maximum atomic E-state index is 12.1. The minimum absolute atomic E-state index is 0.0219. The van der Waals surface area contributed by atoms with Gasteiger partial charge < -0.3 is 10.0 Å². The number of carbonyl (C=O) groups excluding carboxylic acids is 1. The van der Waals surface area contributed by atoms with E-state index >= 15 is 0 Å². The summed E-state index contributed by atoms with van der Waals surface area (Å²) in [6.45, 7) is 0.450. The van der Waals surface area contributed by atoms with E-state index in [-0.39, 0.29) is 17.9 Å². The molecule has 0 saturated carbocycles. The van der Waals surface area contributed by atoms with Gasteiger partial charge in [-0.05, 0) is 23.8 Å². The lowest BCUT2D eigenvalue weighted by molar-refractivity contribution is -0.117. The number of amides is 1. The topological polar surface area (TPSA) is 75.4 Å². The van der Waals surface area contributed by atoms with Crippen LogP contribution in [-0.4, -0.2) is 26.8 Å². The number of carbonyl (C=O) groups is 2. The third-order valence-corrected chi connectivity index (χ3v) is 3.36. The Hall–Kier alpha value is -2.63. The number of fused-ring (bicyclic) bond motifs is 1. The average molecular weight is 271 g/mol. The number of carboxylic acid groups (broad SMARTS) is 1. The molecule has 3 rings (SSSR count). The Morgan fingerprint density at radius 3 is 2.90 bits per heavy atom. The first-order chi connectivity index (χ1) is 9.54. The molecule has 20 heavy (non-hydrogen) atoms. The van der Waals surface area contributed by atoms with Gasteiger partial charge in [0.25, 0.3) is 0 Å². The number of hydrogen-bond donors (Lipinski definition) is 1. The molecule has 102 valence electrons. The molecule has 1 N–H and O–H groups in total. The quantitative estimate of drug-likeness (QED) is 0.910.